The number of furan rings is 1. The standard InChI is InChI=1S/C16H15NO2/c1-10(2)3-4-11-7-13-14(8-15(11)18)17-9-12-5-6-19-16(12)13/h3,5-9,18H,4H2,1-2H3. The van der Waals surface area contributed by atoms with Crippen LogP contribution in [0.1, 0.15) is 19.4 Å². The molecule has 3 nitrogen and oxygen atoms in total. The summed E-state index contributed by atoms with van der Waals surface area (Å²) < 4.78 is 5.51. The van der Waals surface area contributed by atoms with Crippen LogP contribution in [-0.4, -0.2) is 10.1 Å². The highest BCUT2D eigenvalue weighted by Gasteiger charge is 2.09. The van der Waals surface area contributed by atoms with Crippen molar-refractivity contribution in [1.29, 1.82) is 0 Å². The molecule has 96 valence electrons. The highest BCUT2D eigenvalue weighted by molar-refractivity contribution is 6.02. The van der Waals surface area contributed by atoms with Gasteiger partial charge in [0.05, 0.1) is 11.8 Å². The lowest BCUT2D eigenvalue weighted by Gasteiger charge is -2.05. The number of phenolic OH excluding ortho intramolecular Hbond substituents is 1. The van der Waals surface area contributed by atoms with Crippen molar-refractivity contribution in [2.75, 3.05) is 0 Å². The lowest BCUT2D eigenvalue weighted by molar-refractivity contribution is 0.470. The summed E-state index contributed by atoms with van der Waals surface area (Å²) in [7, 11) is 0. The molecule has 0 aliphatic heterocycles. The van der Waals surface area contributed by atoms with Gasteiger partial charge in [-0.3, -0.25) is 4.98 Å². The minimum absolute atomic E-state index is 0.281. The van der Waals surface area contributed by atoms with Gasteiger partial charge in [-0.25, -0.2) is 0 Å². The van der Waals surface area contributed by atoms with E-state index >= 15 is 0 Å². The fraction of sp³-hybridized carbons (Fsp3) is 0.188. The average Bonchev–Trinajstić information content (AvgIpc) is 2.84. The molecule has 0 saturated carbocycles. The fourth-order valence-electron chi connectivity index (χ4n) is 2.17. The summed E-state index contributed by atoms with van der Waals surface area (Å²) in [5.74, 6) is 0.281. The summed E-state index contributed by atoms with van der Waals surface area (Å²) in [6.45, 7) is 4.09. The van der Waals surface area contributed by atoms with E-state index in [1.165, 1.54) is 5.57 Å². The number of hydrogen-bond acceptors (Lipinski definition) is 3. The number of pyridine rings is 1. The third-order valence-corrected chi connectivity index (χ3v) is 3.21. The summed E-state index contributed by atoms with van der Waals surface area (Å²) in [6.07, 6.45) is 6.22. The summed E-state index contributed by atoms with van der Waals surface area (Å²) in [5.41, 5.74) is 3.69. The first-order chi connectivity index (χ1) is 9.15. The number of nitrogens with zero attached hydrogens (tertiary/aromatic N) is 1. The average molecular weight is 253 g/mol. The van der Waals surface area contributed by atoms with Crippen LogP contribution in [0.4, 0.5) is 0 Å². The van der Waals surface area contributed by atoms with Crippen molar-refractivity contribution >= 4 is 21.9 Å². The fourth-order valence-corrected chi connectivity index (χ4v) is 2.17. The van der Waals surface area contributed by atoms with E-state index in [1.54, 1.807) is 18.5 Å². The molecule has 2 aromatic heterocycles. The molecule has 0 bridgehead atoms. The maximum atomic E-state index is 10.0. The first-order valence-corrected chi connectivity index (χ1v) is 6.26. The van der Waals surface area contributed by atoms with E-state index in [1.807, 2.05) is 26.0 Å². The van der Waals surface area contributed by atoms with E-state index < -0.39 is 0 Å². The first kappa shape index (κ1) is 11.8. The third-order valence-electron chi connectivity index (χ3n) is 3.21. The van der Waals surface area contributed by atoms with Crippen LogP contribution in [0.5, 0.6) is 5.75 Å². The van der Waals surface area contributed by atoms with Crippen molar-refractivity contribution in [3.63, 3.8) is 0 Å². The van der Waals surface area contributed by atoms with Crippen LogP contribution in [0.3, 0.4) is 0 Å². The zero-order valence-corrected chi connectivity index (χ0v) is 11.0. The molecule has 1 N–H and O–H groups in total. The summed E-state index contributed by atoms with van der Waals surface area (Å²) in [5, 5.41) is 12.0. The minimum atomic E-state index is 0.281. The molecule has 3 aromatic rings. The second-order valence-corrected chi connectivity index (χ2v) is 4.95. The van der Waals surface area contributed by atoms with E-state index in [0.29, 0.717) is 6.42 Å². The number of aromatic nitrogens is 1. The van der Waals surface area contributed by atoms with Crippen LogP contribution in [0.2, 0.25) is 0 Å². The number of allylic oxidation sites excluding steroid dienone is 2. The van der Waals surface area contributed by atoms with Crippen molar-refractivity contribution in [1.82, 2.24) is 4.98 Å². The molecule has 3 heteroatoms. The highest BCUT2D eigenvalue weighted by atomic mass is 16.3. The smallest absolute Gasteiger partial charge is 0.144 e. The van der Waals surface area contributed by atoms with Crippen LogP contribution >= 0.6 is 0 Å². The largest absolute Gasteiger partial charge is 0.508 e. The van der Waals surface area contributed by atoms with Gasteiger partial charge in [-0.05, 0) is 38.0 Å². The van der Waals surface area contributed by atoms with E-state index in [2.05, 4.69) is 11.1 Å². The summed E-state index contributed by atoms with van der Waals surface area (Å²) in [4.78, 5) is 4.34. The number of aromatic hydroxyl groups is 1. The Kier molecular flexibility index (Phi) is 2.75. The van der Waals surface area contributed by atoms with Crippen molar-refractivity contribution in [2.45, 2.75) is 20.3 Å². The molecule has 3 rings (SSSR count). The molecule has 19 heavy (non-hydrogen) atoms. The molecule has 0 aliphatic carbocycles. The predicted molar refractivity (Wildman–Crippen MR) is 76.3 cm³/mol. The maximum absolute atomic E-state index is 10.0. The molecular formula is C16H15NO2. The Morgan fingerprint density at radius 3 is 3.00 bits per heavy atom. The number of phenols is 1. The van der Waals surface area contributed by atoms with Gasteiger partial charge in [0.1, 0.15) is 11.3 Å². The molecule has 0 saturated heterocycles. The SMILES string of the molecule is CC(C)=CCc1cc2c(cc1O)ncc1ccoc12. The Morgan fingerprint density at radius 2 is 2.21 bits per heavy atom. The van der Waals surface area contributed by atoms with Gasteiger partial charge >= 0.3 is 0 Å². The number of rotatable bonds is 2. The molecule has 1 aromatic carbocycles. The van der Waals surface area contributed by atoms with Gasteiger partial charge in [-0.1, -0.05) is 11.6 Å². The van der Waals surface area contributed by atoms with Crippen LogP contribution in [-0.2, 0) is 6.42 Å². The van der Waals surface area contributed by atoms with Gasteiger partial charge in [-0.2, -0.15) is 0 Å². The second kappa shape index (κ2) is 4.43. The monoisotopic (exact) mass is 253 g/mol. The van der Waals surface area contributed by atoms with Gasteiger partial charge in [0, 0.05) is 23.0 Å². The Hall–Kier alpha value is -2.29. The van der Waals surface area contributed by atoms with E-state index in [0.717, 1.165) is 27.4 Å². The van der Waals surface area contributed by atoms with Crippen molar-refractivity contribution in [3.05, 3.63) is 47.9 Å². The molecule has 0 aliphatic rings. The molecule has 2 heterocycles. The van der Waals surface area contributed by atoms with Gasteiger partial charge < -0.3 is 9.52 Å². The Morgan fingerprint density at radius 1 is 1.37 bits per heavy atom. The minimum Gasteiger partial charge on any atom is -0.508 e. The Balaban J connectivity index is 2.23. The zero-order chi connectivity index (χ0) is 13.4. The van der Waals surface area contributed by atoms with Crippen LogP contribution in [0.15, 0.2) is 46.7 Å². The molecule has 0 atom stereocenters. The molecule has 0 amide bonds. The molecular weight excluding hydrogens is 238 g/mol. The second-order valence-electron chi connectivity index (χ2n) is 4.95. The Labute approximate surface area is 111 Å². The number of hydrogen-bond donors (Lipinski definition) is 1. The lowest BCUT2D eigenvalue weighted by atomic mass is 10.0. The van der Waals surface area contributed by atoms with Gasteiger partial charge in [0.25, 0.3) is 0 Å². The summed E-state index contributed by atoms with van der Waals surface area (Å²) in [6, 6.07) is 5.55. The molecule has 0 spiro atoms. The van der Waals surface area contributed by atoms with Crippen LogP contribution in [0.25, 0.3) is 21.9 Å². The number of benzene rings is 1. The Bertz CT molecular complexity index is 780. The maximum Gasteiger partial charge on any atom is 0.144 e. The van der Waals surface area contributed by atoms with Crippen LogP contribution < -0.4 is 0 Å². The first-order valence-electron chi connectivity index (χ1n) is 6.26. The van der Waals surface area contributed by atoms with Crippen LogP contribution in [0, 0.1) is 0 Å². The van der Waals surface area contributed by atoms with Gasteiger partial charge in [-0.15, -0.1) is 0 Å². The van der Waals surface area contributed by atoms with E-state index in [9.17, 15) is 5.11 Å². The normalized spacial score (nSPS) is 11.1. The van der Waals surface area contributed by atoms with E-state index in [-0.39, 0.29) is 5.75 Å². The topological polar surface area (TPSA) is 46.3 Å². The van der Waals surface area contributed by atoms with E-state index in [4.69, 9.17) is 4.42 Å². The number of fused-ring (bicyclic) bond motifs is 3. The summed E-state index contributed by atoms with van der Waals surface area (Å²) >= 11 is 0. The van der Waals surface area contributed by atoms with Gasteiger partial charge in [0.15, 0.2) is 0 Å². The molecule has 0 radical (unpaired) electrons. The van der Waals surface area contributed by atoms with Crippen molar-refractivity contribution in [2.24, 2.45) is 0 Å². The van der Waals surface area contributed by atoms with Gasteiger partial charge in [0.2, 0.25) is 0 Å². The van der Waals surface area contributed by atoms with Crippen molar-refractivity contribution in [3.8, 4) is 5.75 Å². The molecule has 0 unspecified atom stereocenters. The van der Waals surface area contributed by atoms with Crippen molar-refractivity contribution < 1.29 is 9.52 Å². The quantitative estimate of drug-likeness (QED) is 0.696. The third kappa shape index (κ3) is 2.08. The molecule has 0 fully saturated rings. The highest BCUT2D eigenvalue weighted by Crippen LogP contribution is 2.30. The zero-order valence-electron chi connectivity index (χ0n) is 11.0. The lowest BCUT2D eigenvalue weighted by Crippen LogP contribution is -1.87. The predicted octanol–water partition coefficient (Wildman–Crippen LogP) is 4.20.